The number of aliphatic hydroxyl groups is 1. The van der Waals surface area contributed by atoms with Gasteiger partial charge >= 0.3 is 0 Å². The van der Waals surface area contributed by atoms with E-state index in [1.807, 2.05) is 6.07 Å². The highest BCUT2D eigenvalue weighted by Crippen LogP contribution is 2.30. The first-order chi connectivity index (χ1) is 9.52. The third-order valence-electron chi connectivity index (χ3n) is 4.14. The Morgan fingerprint density at radius 3 is 2.50 bits per heavy atom. The largest absolute Gasteiger partial charge is 0.396 e. The summed E-state index contributed by atoms with van der Waals surface area (Å²) in [5.41, 5.74) is 0.664. The van der Waals surface area contributed by atoms with E-state index in [2.05, 4.69) is 5.32 Å². The summed E-state index contributed by atoms with van der Waals surface area (Å²) in [5, 5.41) is 12.7. The van der Waals surface area contributed by atoms with Crippen molar-refractivity contribution in [2.45, 2.75) is 30.6 Å². The number of aliphatic hydroxyl groups excluding tert-OH is 1. The third kappa shape index (κ3) is 3.73. The van der Waals surface area contributed by atoms with Crippen molar-refractivity contribution in [1.29, 1.82) is 0 Å². The SMILES string of the molecule is CS(=O)(=O)c1ccccc1NCC1CCCCC1CO. The highest BCUT2D eigenvalue weighted by atomic mass is 32.2. The van der Waals surface area contributed by atoms with Gasteiger partial charge in [0.15, 0.2) is 9.84 Å². The highest BCUT2D eigenvalue weighted by molar-refractivity contribution is 7.90. The molecule has 1 aromatic carbocycles. The van der Waals surface area contributed by atoms with Gasteiger partial charge in [0.05, 0.1) is 10.6 Å². The molecule has 1 aromatic rings. The molecule has 1 fully saturated rings. The second-order valence-electron chi connectivity index (χ2n) is 5.64. The van der Waals surface area contributed by atoms with Crippen LogP contribution in [0.5, 0.6) is 0 Å². The number of nitrogens with one attached hydrogen (secondary N) is 1. The van der Waals surface area contributed by atoms with Crippen LogP contribution in [0.25, 0.3) is 0 Å². The maximum atomic E-state index is 11.7. The molecule has 2 unspecified atom stereocenters. The van der Waals surface area contributed by atoms with Crippen molar-refractivity contribution in [2.75, 3.05) is 24.7 Å². The normalized spacial score (nSPS) is 23.5. The topological polar surface area (TPSA) is 66.4 Å². The maximum absolute atomic E-state index is 11.7. The first-order valence-corrected chi connectivity index (χ1v) is 9.05. The van der Waals surface area contributed by atoms with Crippen LogP contribution >= 0.6 is 0 Å². The summed E-state index contributed by atoms with van der Waals surface area (Å²) in [7, 11) is -3.22. The van der Waals surface area contributed by atoms with E-state index in [0.717, 1.165) is 19.4 Å². The molecular weight excluding hydrogens is 274 g/mol. The molecule has 2 N–H and O–H groups in total. The number of hydrogen-bond acceptors (Lipinski definition) is 4. The number of sulfone groups is 1. The molecule has 0 heterocycles. The van der Waals surface area contributed by atoms with Crippen molar-refractivity contribution in [3.8, 4) is 0 Å². The molecule has 2 rings (SSSR count). The molecule has 0 amide bonds. The molecular formula is C15H23NO3S. The minimum atomic E-state index is -3.22. The van der Waals surface area contributed by atoms with E-state index in [0.29, 0.717) is 22.4 Å². The van der Waals surface area contributed by atoms with Crippen LogP contribution in [-0.4, -0.2) is 32.9 Å². The summed E-state index contributed by atoms with van der Waals surface area (Å²) in [6.07, 6.45) is 5.76. The second kappa shape index (κ2) is 6.59. The average Bonchev–Trinajstić information content (AvgIpc) is 2.44. The predicted molar refractivity (Wildman–Crippen MR) is 80.6 cm³/mol. The zero-order valence-corrected chi connectivity index (χ0v) is 12.7. The minimum absolute atomic E-state index is 0.222. The fourth-order valence-corrected chi connectivity index (χ4v) is 3.84. The smallest absolute Gasteiger partial charge is 0.177 e. The highest BCUT2D eigenvalue weighted by Gasteiger charge is 2.24. The number of benzene rings is 1. The van der Waals surface area contributed by atoms with Crippen molar-refractivity contribution in [1.82, 2.24) is 0 Å². The van der Waals surface area contributed by atoms with E-state index >= 15 is 0 Å². The molecule has 1 saturated carbocycles. The number of para-hydroxylation sites is 1. The molecule has 4 nitrogen and oxygen atoms in total. The Kier molecular flexibility index (Phi) is 5.05. The van der Waals surface area contributed by atoms with Gasteiger partial charge in [-0.05, 0) is 36.8 Å². The van der Waals surface area contributed by atoms with Crippen LogP contribution in [0, 0.1) is 11.8 Å². The Hall–Kier alpha value is -1.07. The molecule has 20 heavy (non-hydrogen) atoms. The average molecular weight is 297 g/mol. The van der Waals surface area contributed by atoms with Gasteiger partial charge in [-0.2, -0.15) is 0 Å². The van der Waals surface area contributed by atoms with E-state index in [1.54, 1.807) is 18.2 Å². The lowest BCUT2D eigenvalue weighted by Gasteiger charge is -2.30. The van der Waals surface area contributed by atoms with Crippen molar-refractivity contribution >= 4 is 15.5 Å². The quantitative estimate of drug-likeness (QED) is 0.875. The van der Waals surface area contributed by atoms with Crippen LogP contribution in [0.15, 0.2) is 29.2 Å². The molecule has 0 bridgehead atoms. The van der Waals surface area contributed by atoms with E-state index in [-0.39, 0.29) is 6.61 Å². The van der Waals surface area contributed by atoms with Crippen LogP contribution in [0.4, 0.5) is 5.69 Å². The Labute approximate surface area is 121 Å². The number of rotatable bonds is 5. The molecule has 1 aliphatic rings. The molecule has 0 radical (unpaired) electrons. The van der Waals surface area contributed by atoms with E-state index in [9.17, 15) is 13.5 Å². The lowest BCUT2D eigenvalue weighted by Crippen LogP contribution is -2.28. The summed E-state index contributed by atoms with van der Waals surface area (Å²) in [6.45, 7) is 0.942. The summed E-state index contributed by atoms with van der Waals surface area (Å²) >= 11 is 0. The Morgan fingerprint density at radius 2 is 1.85 bits per heavy atom. The van der Waals surface area contributed by atoms with Crippen LogP contribution in [0.1, 0.15) is 25.7 Å². The van der Waals surface area contributed by atoms with Gasteiger partial charge < -0.3 is 10.4 Å². The summed E-state index contributed by atoms with van der Waals surface area (Å²) in [4.78, 5) is 0.344. The Balaban J connectivity index is 2.07. The number of hydrogen-bond donors (Lipinski definition) is 2. The zero-order chi connectivity index (χ0) is 14.6. The fourth-order valence-electron chi connectivity index (χ4n) is 2.97. The molecule has 112 valence electrons. The number of anilines is 1. The van der Waals surface area contributed by atoms with Gasteiger partial charge in [0.25, 0.3) is 0 Å². The van der Waals surface area contributed by atoms with Gasteiger partial charge in [-0.25, -0.2) is 8.42 Å². The van der Waals surface area contributed by atoms with Crippen LogP contribution in [0.3, 0.4) is 0 Å². The molecule has 2 atom stereocenters. The molecule has 0 spiro atoms. The first kappa shape index (κ1) is 15.3. The van der Waals surface area contributed by atoms with Gasteiger partial charge in [-0.15, -0.1) is 0 Å². The Morgan fingerprint density at radius 1 is 1.20 bits per heavy atom. The van der Waals surface area contributed by atoms with Gasteiger partial charge in [0.1, 0.15) is 0 Å². The molecule has 0 saturated heterocycles. The molecule has 0 aliphatic heterocycles. The van der Waals surface area contributed by atoms with Gasteiger partial charge in [-0.1, -0.05) is 25.0 Å². The second-order valence-corrected chi connectivity index (χ2v) is 7.62. The van der Waals surface area contributed by atoms with Crippen LogP contribution in [-0.2, 0) is 9.84 Å². The van der Waals surface area contributed by atoms with Crippen LogP contribution < -0.4 is 5.32 Å². The third-order valence-corrected chi connectivity index (χ3v) is 5.30. The lowest BCUT2D eigenvalue weighted by molar-refractivity contribution is 0.141. The van der Waals surface area contributed by atoms with Crippen molar-refractivity contribution < 1.29 is 13.5 Å². The minimum Gasteiger partial charge on any atom is -0.396 e. The molecule has 1 aliphatic carbocycles. The first-order valence-electron chi connectivity index (χ1n) is 7.16. The predicted octanol–water partition coefficient (Wildman–Crippen LogP) is 2.30. The van der Waals surface area contributed by atoms with Crippen molar-refractivity contribution in [3.63, 3.8) is 0 Å². The van der Waals surface area contributed by atoms with Gasteiger partial charge in [-0.3, -0.25) is 0 Å². The summed E-state index contributed by atoms with van der Waals surface area (Å²) < 4.78 is 23.5. The lowest BCUT2D eigenvalue weighted by atomic mass is 9.79. The summed E-state index contributed by atoms with van der Waals surface area (Å²) in [6, 6.07) is 7.00. The van der Waals surface area contributed by atoms with E-state index in [1.165, 1.54) is 19.1 Å². The van der Waals surface area contributed by atoms with E-state index in [4.69, 9.17) is 0 Å². The van der Waals surface area contributed by atoms with Crippen molar-refractivity contribution in [3.05, 3.63) is 24.3 Å². The van der Waals surface area contributed by atoms with Crippen LogP contribution in [0.2, 0.25) is 0 Å². The van der Waals surface area contributed by atoms with Gasteiger partial charge in [0, 0.05) is 19.4 Å². The molecule has 5 heteroatoms. The maximum Gasteiger partial charge on any atom is 0.177 e. The Bertz CT molecular complexity index is 542. The van der Waals surface area contributed by atoms with Crippen molar-refractivity contribution in [2.24, 2.45) is 11.8 Å². The standard InChI is InChI=1S/C15H23NO3S/c1-20(18,19)15-9-5-4-8-14(15)16-10-12-6-2-3-7-13(12)11-17/h4-5,8-9,12-13,16-17H,2-3,6-7,10-11H2,1H3. The fraction of sp³-hybridized carbons (Fsp3) is 0.600. The summed E-state index contributed by atoms with van der Waals surface area (Å²) in [5.74, 6) is 0.753. The monoisotopic (exact) mass is 297 g/mol. The van der Waals surface area contributed by atoms with E-state index < -0.39 is 9.84 Å². The molecule has 0 aromatic heterocycles. The van der Waals surface area contributed by atoms with Gasteiger partial charge in [0.2, 0.25) is 0 Å². The zero-order valence-electron chi connectivity index (χ0n) is 11.9.